The molecule has 2 amide bonds. The van der Waals surface area contributed by atoms with Crippen molar-refractivity contribution in [2.45, 2.75) is 38.8 Å². The van der Waals surface area contributed by atoms with Gasteiger partial charge in [-0.1, -0.05) is 11.6 Å². The second kappa shape index (κ2) is 10.8. The monoisotopic (exact) mass is 455 g/mol. The molecule has 3 rings (SSSR count). The Labute approximate surface area is 192 Å². The highest BCUT2D eigenvalue weighted by Crippen LogP contribution is 2.28. The first-order chi connectivity index (χ1) is 15.4. The van der Waals surface area contributed by atoms with Crippen molar-refractivity contribution in [1.82, 2.24) is 9.88 Å². The van der Waals surface area contributed by atoms with E-state index in [2.05, 4.69) is 28.2 Å². The molecule has 1 aliphatic heterocycles. The molecule has 2 aromatic rings. The number of nitriles is 1. The Bertz CT molecular complexity index is 992. The zero-order valence-corrected chi connectivity index (χ0v) is 18.9. The number of hydrogen-bond acceptors (Lipinski definition) is 6. The molecule has 2 heterocycles. The zero-order chi connectivity index (χ0) is 23.1. The largest absolute Gasteiger partial charge is 0.478 e. The lowest BCUT2D eigenvalue weighted by molar-refractivity contribution is -0.108. The minimum absolute atomic E-state index is 0.0333. The fraction of sp³-hybridized carbons (Fsp3) is 0.391. The number of aldehydes is 1. The van der Waals surface area contributed by atoms with Crippen LogP contribution in [0.1, 0.15) is 32.3 Å². The Morgan fingerprint density at radius 2 is 2.12 bits per heavy atom. The molecule has 1 aromatic heterocycles. The first-order valence-corrected chi connectivity index (χ1v) is 10.9. The Hall–Kier alpha value is -3.31. The topological polar surface area (TPSA) is 98.6 Å². The van der Waals surface area contributed by atoms with E-state index in [-0.39, 0.29) is 18.1 Å². The molecule has 1 saturated heterocycles. The van der Waals surface area contributed by atoms with Gasteiger partial charge in [-0.25, -0.2) is 9.78 Å². The number of benzene rings is 1. The number of amides is 2. The first-order valence-electron chi connectivity index (χ1n) is 10.5. The van der Waals surface area contributed by atoms with E-state index in [0.29, 0.717) is 54.7 Å². The third-order valence-electron chi connectivity index (χ3n) is 5.36. The van der Waals surface area contributed by atoms with Crippen LogP contribution in [0.25, 0.3) is 0 Å². The number of ether oxygens (including phenoxy) is 1. The molecule has 168 valence electrons. The highest BCUT2D eigenvalue weighted by Gasteiger charge is 2.32. The number of rotatable bonds is 7. The van der Waals surface area contributed by atoms with Gasteiger partial charge in [0.15, 0.2) is 0 Å². The van der Waals surface area contributed by atoms with E-state index in [9.17, 15) is 9.59 Å². The number of aromatic nitrogens is 1. The SMILES string of the molecule is C[C@@H]1CN(c2ccc(C#N)c(Cl)c2)[C@@H](C)CN1C(=O)Nc1ccc(OCCCC=O)nc1. The van der Waals surface area contributed by atoms with E-state index in [1.165, 1.54) is 0 Å². The molecule has 0 unspecified atom stereocenters. The van der Waals surface area contributed by atoms with E-state index in [0.717, 1.165) is 12.0 Å². The van der Waals surface area contributed by atoms with Gasteiger partial charge in [0, 0.05) is 43.3 Å². The van der Waals surface area contributed by atoms with Crippen molar-refractivity contribution in [3.8, 4) is 11.9 Å². The van der Waals surface area contributed by atoms with Crippen molar-refractivity contribution in [3.63, 3.8) is 0 Å². The van der Waals surface area contributed by atoms with Crippen LogP contribution >= 0.6 is 11.6 Å². The van der Waals surface area contributed by atoms with Gasteiger partial charge >= 0.3 is 6.03 Å². The average Bonchev–Trinajstić information content (AvgIpc) is 2.79. The van der Waals surface area contributed by atoms with Gasteiger partial charge in [0.1, 0.15) is 12.4 Å². The summed E-state index contributed by atoms with van der Waals surface area (Å²) in [5.74, 6) is 0.450. The molecular weight excluding hydrogens is 430 g/mol. The number of carbonyl (C=O) groups excluding carboxylic acids is 2. The second-order valence-electron chi connectivity index (χ2n) is 7.75. The Balaban J connectivity index is 1.58. The number of pyridine rings is 1. The number of unbranched alkanes of at least 4 members (excludes halogenated alkanes) is 1. The highest BCUT2D eigenvalue weighted by molar-refractivity contribution is 6.32. The first kappa shape index (κ1) is 23.4. The van der Waals surface area contributed by atoms with E-state index in [1.54, 1.807) is 35.4 Å². The van der Waals surface area contributed by atoms with Gasteiger partial charge in [0.05, 0.1) is 29.1 Å². The van der Waals surface area contributed by atoms with Gasteiger partial charge in [0.25, 0.3) is 0 Å². The number of anilines is 2. The zero-order valence-electron chi connectivity index (χ0n) is 18.1. The van der Waals surface area contributed by atoms with E-state index < -0.39 is 0 Å². The van der Waals surface area contributed by atoms with Crippen molar-refractivity contribution < 1.29 is 14.3 Å². The summed E-state index contributed by atoms with van der Waals surface area (Å²) in [4.78, 5) is 31.4. The van der Waals surface area contributed by atoms with Gasteiger partial charge in [-0.05, 0) is 44.5 Å². The quantitative estimate of drug-likeness (QED) is 0.498. The van der Waals surface area contributed by atoms with Gasteiger partial charge in [-0.3, -0.25) is 0 Å². The Kier molecular flexibility index (Phi) is 7.90. The number of hydrogen-bond donors (Lipinski definition) is 1. The van der Waals surface area contributed by atoms with Crippen LogP contribution in [-0.4, -0.2) is 54.0 Å². The number of nitrogens with one attached hydrogen (secondary N) is 1. The van der Waals surface area contributed by atoms with Crippen LogP contribution in [0.4, 0.5) is 16.2 Å². The van der Waals surface area contributed by atoms with Gasteiger partial charge in [-0.2, -0.15) is 5.26 Å². The summed E-state index contributed by atoms with van der Waals surface area (Å²) in [7, 11) is 0. The van der Waals surface area contributed by atoms with Gasteiger partial charge in [0.2, 0.25) is 5.88 Å². The predicted octanol–water partition coefficient (Wildman–Crippen LogP) is 4.10. The highest BCUT2D eigenvalue weighted by atomic mass is 35.5. The molecule has 0 bridgehead atoms. The summed E-state index contributed by atoms with van der Waals surface area (Å²) < 4.78 is 5.47. The molecular formula is C23H26ClN5O3. The molecule has 0 saturated carbocycles. The van der Waals surface area contributed by atoms with Crippen molar-refractivity contribution in [2.75, 3.05) is 29.9 Å². The lowest BCUT2D eigenvalue weighted by atomic mass is 10.1. The summed E-state index contributed by atoms with van der Waals surface area (Å²) in [5, 5.41) is 12.4. The second-order valence-corrected chi connectivity index (χ2v) is 8.16. The Morgan fingerprint density at radius 1 is 1.31 bits per heavy atom. The third kappa shape index (κ3) is 5.68. The molecule has 1 N–H and O–H groups in total. The maximum absolute atomic E-state index is 12.9. The van der Waals surface area contributed by atoms with Crippen LogP contribution in [0.15, 0.2) is 36.5 Å². The number of piperazine rings is 1. The van der Waals surface area contributed by atoms with E-state index >= 15 is 0 Å². The summed E-state index contributed by atoms with van der Waals surface area (Å²) >= 11 is 6.20. The fourth-order valence-electron chi connectivity index (χ4n) is 3.62. The molecule has 0 spiro atoms. The molecule has 8 nitrogen and oxygen atoms in total. The fourth-order valence-corrected chi connectivity index (χ4v) is 3.84. The van der Waals surface area contributed by atoms with Crippen LogP contribution in [0.2, 0.25) is 5.02 Å². The van der Waals surface area contributed by atoms with Crippen LogP contribution in [0, 0.1) is 11.3 Å². The molecule has 1 aromatic carbocycles. The number of urea groups is 1. The van der Waals surface area contributed by atoms with Crippen LogP contribution in [0.3, 0.4) is 0 Å². The molecule has 0 radical (unpaired) electrons. The normalized spacial score (nSPS) is 18.1. The molecule has 0 aliphatic carbocycles. The summed E-state index contributed by atoms with van der Waals surface area (Å²) in [6, 6.07) is 10.8. The predicted molar refractivity (Wildman–Crippen MR) is 123 cm³/mol. The number of carbonyl (C=O) groups is 2. The lowest BCUT2D eigenvalue weighted by Gasteiger charge is -2.45. The van der Waals surface area contributed by atoms with E-state index in [1.807, 2.05) is 13.0 Å². The molecule has 32 heavy (non-hydrogen) atoms. The smallest absolute Gasteiger partial charge is 0.322 e. The van der Waals surface area contributed by atoms with Gasteiger partial charge in [-0.15, -0.1) is 0 Å². The minimum Gasteiger partial charge on any atom is -0.478 e. The summed E-state index contributed by atoms with van der Waals surface area (Å²) in [5.41, 5.74) is 1.96. The van der Waals surface area contributed by atoms with Crippen molar-refractivity contribution in [3.05, 3.63) is 47.1 Å². The standard InChI is InChI=1S/C23H26ClN5O3/c1-16-15-29(17(2)14-28(16)20-7-5-18(12-25)21(24)11-20)23(31)27-19-6-8-22(26-13-19)32-10-4-3-9-30/h5-9,11,13,16-17H,3-4,10,14-15H2,1-2H3,(H,27,31)/t16-,17+/m0/s1. The van der Waals surface area contributed by atoms with Gasteiger partial charge < -0.3 is 24.6 Å². The maximum Gasteiger partial charge on any atom is 0.322 e. The number of halogens is 1. The molecule has 2 atom stereocenters. The average molecular weight is 456 g/mol. The van der Waals surface area contributed by atoms with Crippen molar-refractivity contribution in [2.24, 2.45) is 0 Å². The van der Waals surface area contributed by atoms with E-state index in [4.69, 9.17) is 21.6 Å². The molecule has 1 aliphatic rings. The third-order valence-corrected chi connectivity index (χ3v) is 5.67. The molecule has 9 heteroatoms. The Morgan fingerprint density at radius 3 is 2.78 bits per heavy atom. The van der Waals surface area contributed by atoms with Crippen LogP contribution in [-0.2, 0) is 4.79 Å². The summed E-state index contributed by atoms with van der Waals surface area (Å²) in [6.07, 6.45) is 3.50. The minimum atomic E-state index is -0.191. The van der Waals surface area contributed by atoms with Crippen LogP contribution < -0.4 is 15.0 Å². The van der Waals surface area contributed by atoms with Crippen LogP contribution in [0.5, 0.6) is 5.88 Å². The van der Waals surface area contributed by atoms with Crippen molar-refractivity contribution in [1.29, 1.82) is 5.26 Å². The molecule has 1 fully saturated rings. The lowest BCUT2D eigenvalue weighted by Crippen LogP contribution is -2.59. The number of nitrogens with zero attached hydrogens (tertiary/aromatic N) is 4. The van der Waals surface area contributed by atoms with Crippen molar-refractivity contribution >= 4 is 35.3 Å². The summed E-state index contributed by atoms with van der Waals surface area (Å²) in [6.45, 7) is 5.65. The maximum atomic E-state index is 12.9.